The van der Waals surface area contributed by atoms with Gasteiger partial charge in [-0.1, -0.05) is 18.2 Å². The molecule has 0 aliphatic heterocycles. The maximum atomic E-state index is 13.4. The van der Waals surface area contributed by atoms with E-state index in [0.29, 0.717) is 31.1 Å². The Bertz CT molecular complexity index is 1060. The maximum absolute atomic E-state index is 13.4. The van der Waals surface area contributed by atoms with E-state index in [2.05, 4.69) is 15.6 Å². The first-order valence-electron chi connectivity index (χ1n) is 12.0. The van der Waals surface area contributed by atoms with E-state index in [0.717, 1.165) is 4.31 Å². The predicted molar refractivity (Wildman–Crippen MR) is 141 cm³/mol. The molecule has 200 valence electrons. The molecular formula is C25H38N4O6S. The predicted octanol–water partition coefficient (Wildman–Crippen LogP) is 2.51. The zero-order valence-electron chi connectivity index (χ0n) is 21.6. The van der Waals surface area contributed by atoms with Crippen molar-refractivity contribution in [3.8, 4) is 5.75 Å². The normalized spacial score (nSPS) is 13.2. The zero-order chi connectivity index (χ0) is 26.7. The largest absolute Gasteiger partial charge is 0.491 e. The molecule has 2 atom stereocenters. The Morgan fingerprint density at radius 1 is 1.17 bits per heavy atom. The molecule has 2 aromatic rings. The van der Waals surface area contributed by atoms with Gasteiger partial charge in [-0.05, 0) is 51.5 Å². The first kappa shape index (κ1) is 29.3. The summed E-state index contributed by atoms with van der Waals surface area (Å²) in [7, 11) is -0.670. The van der Waals surface area contributed by atoms with Crippen LogP contribution in [-0.4, -0.2) is 76.2 Å². The second kappa shape index (κ2) is 14.0. The maximum Gasteiger partial charge on any atom is 0.251 e. The van der Waals surface area contributed by atoms with Gasteiger partial charge in [-0.15, -0.1) is 0 Å². The first-order valence-corrected chi connectivity index (χ1v) is 13.5. The van der Waals surface area contributed by atoms with Crippen LogP contribution in [0.15, 0.2) is 42.5 Å². The van der Waals surface area contributed by atoms with Crippen LogP contribution in [0.25, 0.3) is 0 Å². The molecule has 0 saturated carbocycles. The molecule has 1 heterocycles. The van der Waals surface area contributed by atoms with Crippen LogP contribution in [0.2, 0.25) is 0 Å². The number of carbonyl (C=O) groups is 1. The molecule has 0 spiro atoms. The molecule has 0 fully saturated rings. The molecule has 10 nitrogen and oxygen atoms in total. The minimum atomic E-state index is -3.65. The van der Waals surface area contributed by atoms with E-state index in [-0.39, 0.29) is 30.5 Å². The van der Waals surface area contributed by atoms with Gasteiger partial charge in [0.05, 0.1) is 17.9 Å². The van der Waals surface area contributed by atoms with Crippen molar-refractivity contribution in [1.29, 1.82) is 0 Å². The topological polar surface area (TPSA) is 130 Å². The average Bonchev–Trinajstić information content (AvgIpc) is 2.86. The van der Waals surface area contributed by atoms with E-state index < -0.39 is 27.2 Å². The number of rotatable bonds is 15. The number of nitrogens with one attached hydrogen (secondary N) is 2. The SMILES string of the molecule is CCNc1cc(C(=O)NC(COc2ccccc2)C(CCO)COC)cc(N(C)S(=O)(=O)C(C)C)n1. The summed E-state index contributed by atoms with van der Waals surface area (Å²) in [6, 6.07) is 11.8. The number of sulfonamides is 1. The average molecular weight is 523 g/mol. The van der Waals surface area contributed by atoms with E-state index >= 15 is 0 Å². The van der Waals surface area contributed by atoms with Crippen LogP contribution >= 0.6 is 0 Å². The van der Waals surface area contributed by atoms with Gasteiger partial charge in [-0.2, -0.15) is 0 Å². The van der Waals surface area contributed by atoms with Gasteiger partial charge in [0.1, 0.15) is 24.0 Å². The number of ether oxygens (including phenoxy) is 2. The molecule has 1 aromatic heterocycles. The van der Waals surface area contributed by atoms with Crippen molar-refractivity contribution < 1.29 is 27.8 Å². The summed E-state index contributed by atoms with van der Waals surface area (Å²) in [6.45, 7) is 5.98. The van der Waals surface area contributed by atoms with Gasteiger partial charge in [-0.3, -0.25) is 9.10 Å². The van der Waals surface area contributed by atoms with Crippen molar-refractivity contribution in [3.63, 3.8) is 0 Å². The number of anilines is 2. The van der Waals surface area contributed by atoms with Crippen LogP contribution in [0.1, 0.15) is 37.6 Å². The molecule has 2 unspecified atom stereocenters. The number of carbonyl (C=O) groups excluding carboxylic acids is 1. The summed E-state index contributed by atoms with van der Waals surface area (Å²) in [5.41, 5.74) is 0.242. The second-order valence-electron chi connectivity index (χ2n) is 8.62. The third kappa shape index (κ3) is 8.07. The highest BCUT2D eigenvalue weighted by Gasteiger charge is 2.27. The van der Waals surface area contributed by atoms with E-state index in [9.17, 15) is 18.3 Å². The second-order valence-corrected chi connectivity index (χ2v) is 11.1. The fourth-order valence-electron chi connectivity index (χ4n) is 3.56. The molecule has 3 N–H and O–H groups in total. The van der Waals surface area contributed by atoms with Gasteiger partial charge >= 0.3 is 0 Å². The summed E-state index contributed by atoms with van der Waals surface area (Å²) in [5, 5.41) is 15.0. The number of para-hydroxylation sites is 1. The van der Waals surface area contributed by atoms with Gasteiger partial charge in [-0.25, -0.2) is 13.4 Å². The van der Waals surface area contributed by atoms with Crippen LogP contribution in [0.4, 0.5) is 11.6 Å². The smallest absolute Gasteiger partial charge is 0.251 e. The molecule has 11 heteroatoms. The molecule has 0 bridgehead atoms. The number of aliphatic hydroxyl groups excluding tert-OH is 1. The highest BCUT2D eigenvalue weighted by Crippen LogP contribution is 2.22. The Labute approximate surface area is 214 Å². The van der Waals surface area contributed by atoms with Crippen molar-refractivity contribution >= 4 is 27.6 Å². The number of aromatic nitrogens is 1. The molecule has 0 aliphatic carbocycles. The number of benzene rings is 1. The molecular weight excluding hydrogens is 484 g/mol. The lowest BCUT2D eigenvalue weighted by Gasteiger charge is -2.28. The van der Waals surface area contributed by atoms with E-state index in [1.165, 1.54) is 13.1 Å². The third-order valence-electron chi connectivity index (χ3n) is 5.67. The Hall–Kier alpha value is -2.89. The van der Waals surface area contributed by atoms with Crippen molar-refractivity contribution in [3.05, 3.63) is 48.0 Å². The Morgan fingerprint density at radius 2 is 1.86 bits per heavy atom. The van der Waals surface area contributed by atoms with E-state index in [4.69, 9.17) is 9.47 Å². The molecule has 0 radical (unpaired) electrons. The molecule has 36 heavy (non-hydrogen) atoms. The quantitative estimate of drug-likeness (QED) is 0.325. The minimum Gasteiger partial charge on any atom is -0.491 e. The number of pyridine rings is 1. The molecule has 1 amide bonds. The zero-order valence-corrected chi connectivity index (χ0v) is 22.4. The number of methoxy groups -OCH3 is 1. The van der Waals surface area contributed by atoms with E-state index in [1.807, 2.05) is 37.3 Å². The molecule has 0 aliphatic rings. The molecule has 2 rings (SSSR count). The summed E-state index contributed by atoms with van der Waals surface area (Å²) >= 11 is 0. The van der Waals surface area contributed by atoms with Crippen LogP contribution < -0.4 is 19.7 Å². The van der Waals surface area contributed by atoms with Crippen LogP contribution in [0.3, 0.4) is 0 Å². The highest BCUT2D eigenvalue weighted by atomic mass is 32.2. The summed E-state index contributed by atoms with van der Waals surface area (Å²) in [6.07, 6.45) is 0.399. The number of hydrogen-bond acceptors (Lipinski definition) is 8. The minimum absolute atomic E-state index is 0.0758. The number of hydrogen-bond donors (Lipinski definition) is 3. The van der Waals surface area contributed by atoms with Crippen molar-refractivity contribution in [2.45, 2.75) is 38.5 Å². The number of amides is 1. The van der Waals surface area contributed by atoms with Gasteiger partial charge in [0.15, 0.2) is 0 Å². The fraction of sp³-hybridized carbons (Fsp3) is 0.520. The van der Waals surface area contributed by atoms with Crippen LogP contribution in [0, 0.1) is 5.92 Å². The Kier molecular flexibility index (Phi) is 11.4. The molecule has 1 aromatic carbocycles. The lowest BCUT2D eigenvalue weighted by Crippen LogP contribution is -2.46. The Morgan fingerprint density at radius 3 is 2.44 bits per heavy atom. The Balaban J connectivity index is 2.37. The lowest BCUT2D eigenvalue weighted by atomic mass is 9.97. The van der Waals surface area contributed by atoms with Gasteiger partial charge < -0.3 is 25.2 Å². The summed E-state index contributed by atoms with van der Waals surface area (Å²) < 4.78 is 37.8. The molecule has 0 saturated heterocycles. The fourth-order valence-corrected chi connectivity index (χ4v) is 4.54. The summed E-state index contributed by atoms with van der Waals surface area (Å²) in [5.74, 6) is 0.526. The van der Waals surface area contributed by atoms with Crippen molar-refractivity contribution in [2.75, 3.05) is 50.1 Å². The third-order valence-corrected chi connectivity index (χ3v) is 7.81. The summed E-state index contributed by atoms with van der Waals surface area (Å²) in [4.78, 5) is 17.8. The van der Waals surface area contributed by atoms with Gasteiger partial charge in [0.25, 0.3) is 5.91 Å². The monoisotopic (exact) mass is 522 g/mol. The van der Waals surface area contributed by atoms with Gasteiger partial charge in [0, 0.05) is 38.8 Å². The highest BCUT2D eigenvalue weighted by molar-refractivity contribution is 7.93. The number of nitrogens with zero attached hydrogens (tertiary/aromatic N) is 2. The first-order chi connectivity index (χ1) is 17.1. The lowest BCUT2D eigenvalue weighted by molar-refractivity contribution is 0.0756. The van der Waals surface area contributed by atoms with Gasteiger partial charge in [0.2, 0.25) is 10.0 Å². The van der Waals surface area contributed by atoms with E-state index in [1.54, 1.807) is 27.0 Å². The van der Waals surface area contributed by atoms with Crippen molar-refractivity contribution in [2.24, 2.45) is 5.92 Å². The van der Waals surface area contributed by atoms with Crippen molar-refractivity contribution in [1.82, 2.24) is 10.3 Å². The standard InChI is InChI=1S/C25H38N4O6S/c1-6-26-23-14-20(15-24(28-23)29(4)36(32,33)18(2)3)25(31)27-22(19(12-13-30)16-34-5)17-35-21-10-8-7-9-11-21/h7-11,14-15,18-19,22,30H,6,12-13,16-17H2,1-5H3,(H,26,28)(H,27,31). The number of aliphatic hydroxyl groups is 1. The van der Waals surface area contributed by atoms with Crippen LogP contribution in [-0.2, 0) is 14.8 Å². The van der Waals surface area contributed by atoms with Crippen LogP contribution in [0.5, 0.6) is 5.75 Å².